The number of nitrogens with two attached hydrogens (primary N) is 1. The van der Waals surface area contributed by atoms with Crippen molar-refractivity contribution in [1.29, 1.82) is 0 Å². The van der Waals surface area contributed by atoms with Crippen LogP contribution in [0.25, 0.3) is 10.1 Å². The molecule has 3 aromatic rings. The van der Waals surface area contributed by atoms with E-state index in [1.165, 1.54) is 16.2 Å². The molecule has 0 aliphatic carbocycles. The predicted molar refractivity (Wildman–Crippen MR) is 85.2 cm³/mol. The molecule has 4 heteroatoms. The van der Waals surface area contributed by atoms with Gasteiger partial charge in [-0.1, -0.05) is 18.2 Å². The smallest absolute Gasteiger partial charge is 0.126 e. The second kappa shape index (κ2) is 5.84. The fourth-order valence-corrected chi connectivity index (χ4v) is 3.42. The monoisotopic (exact) mass is 301 g/mol. The van der Waals surface area contributed by atoms with Crippen LogP contribution in [0.15, 0.2) is 42.5 Å². The lowest BCUT2D eigenvalue weighted by Crippen LogP contribution is -2.02. The molecule has 0 aliphatic rings. The van der Waals surface area contributed by atoms with Gasteiger partial charge in [0.1, 0.15) is 18.2 Å². The number of halogens is 1. The molecule has 0 fully saturated rings. The van der Waals surface area contributed by atoms with Crippen LogP contribution in [0.2, 0.25) is 0 Å². The van der Waals surface area contributed by atoms with Crippen LogP contribution >= 0.6 is 11.3 Å². The molecule has 21 heavy (non-hydrogen) atoms. The second-order valence-electron chi connectivity index (χ2n) is 4.90. The zero-order valence-corrected chi connectivity index (χ0v) is 12.5. The van der Waals surface area contributed by atoms with E-state index < -0.39 is 0 Å². The average Bonchev–Trinajstić information content (AvgIpc) is 2.86. The van der Waals surface area contributed by atoms with Crippen LogP contribution in [0.1, 0.15) is 16.0 Å². The zero-order valence-electron chi connectivity index (χ0n) is 11.7. The maximum Gasteiger partial charge on any atom is 0.126 e. The highest BCUT2D eigenvalue weighted by Crippen LogP contribution is 2.32. The van der Waals surface area contributed by atoms with Crippen LogP contribution in [-0.4, -0.2) is 0 Å². The predicted octanol–water partition coefficient (Wildman–Crippen LogP) is 4.39. The number of fused-ring (bicyclic) bond motifs is 1. The molecule has 0 radical (unpaired) electrons. The Bertz CT molecular complexity index is 782. The minimum absolute atomic E-state index is 0.217. The summed E-state index contributed by atoms with van der Waals surface area (Å²) < 4.78 is 20.3. The summed E-state index contributed by atoms with van der Waals surface area (Å²) in [7, 11) is 0. The molecule has 0 saturated carbocycles. The molecule has 2 aromatic carbocycles. The molecule has 1 aromatic heterocycles. The standard InChI is InChI=1S/C17H16FNOS/c1-11-8-12(6-7-15(11)18)20-10-14-13-4-2-3-5-16(13)21-17(14)9-19/h2-8H,9-10,19H2,1H3. The lowest BCUT2D eigenvalue weighted by atomic mass is 10.1. The number of hydrogen-bond acceptors (Lipinski definition) is 3. The highest BCUT2D eigenvalue weighted by molar-refractivity contribution is 7.19. The first kappa shape index (κ1) is 14.0. The van der Waals surface area contributed by atoms with Crippen molar-refractivity contribution in [2.45, 2.75) is 20.1 Å². The van der Waals surface area contributed by atoms with Crippen LogP contribution in [0.3, 0.4) is 0 Å². The Morgan fingerprint density at radius 3 is 2.76 bits per heavy atom. The number of ether oxygens (including phenoxy) is 1. The van der Waals surface area contributed by atoms with E-state index in [4.69, 9.17) is 10.5 Å². The SMILES string of the molecule is Cc1cc(OCc2c(CN)sc3ccccc23)ccc1F. The van der Waals surface area contributed by atoms with E-state index in [9.17, 15) is 4.39 Å². The van der Waals surface area contributed by atoms with Crippen molar-refractivity contribution in [3.05, 3.63) is 64.3 Å². The highest BCUT2D eigenvalue weighted by Gasteiger charge is 2.11. The minimum atomic E-state index is -0.217. The second-order valence-corrected chi connectivity index (χ2v) is 6.04. The third-order valence-corrected chi connectivity index (χ3v) is 4.72. The van der Waals surface area contributed by atoms with Crippen molar-refractivity contribution in [1.82, 2.24) is 0 Å². The van der Waals surface area contributed by atoms with Gasteiger partial charge in [-0.15, -0.1) is 11.3 Å². The third kappa shape index (κ3) is 2.77. The third-order valence-electron chi connectivity index (χ3n) is 3.48. The van der Waals surface area contributed by atoms with Gasteiger partial charge in [-0.05, 0) is 42.1 Å². The fraction of sp³-hybridized carbons (Fsp3) is 0.176. The van der Waals surface area contributed by atoms with Crippen molar-refractivity contribution in [3.8, 4) is 5.75 Å². The van der Waals surface area contributed by atoms with Crippen LogP contribution < -0.4 is 10.5 Å². The number of aryl methyl sites for hydroxylation is 1. The van der Waals surface area contributed by atoms with Gasteiger partial charge in [0.15, 0.2) is 0 Å². The number of rotatable bonds is 4. The van der Waals surface area contributed by atoms with Crippen molar-refractivity contribution in [2.24, 2.45) is 5.73 Å². The molecule has 0 saturated heterocycles. The quantitative estimate of drug-likeness (QED) is 0.776. The molecule has 0 aliphatic heterocycles. The normalized spacial score (nSPS) is 11.0. The summed E-state index contributed by atoms with van der Waals surface area (Å²) in [5.74, 6) is 0.457. The average molecular weight is 301 g/mol. The van der Waals surface area contributed by atoms with E-state index in [-0.39, 0.29) is 5.82 Å². The van der Waals surface area contributed by atoms with Crippen molar-refractivity contribution >= 4 is 21.4 Å². The summed E-state index contributed by atoms with van der Waals surface area (Å²) in [6, 6.07) is 13.0. The molecule has 1 heterocycles. The summed E-state index contributed by atoms with van der Waals surface area (Å²) in [6.45, 7) is 2.68. The number of thiophene rings is 1. The van der Waals surface area contributed by atoms with Gasteiger partial charge in [0, 0.05) is 21.7 Å². The summed E-state index contributed by atoms with van der Waals surface area (Å²) >= 11 is 1.70. The molecule has 0 spiro atoms. The van der Waals surface area contributed by atoms with Crippen LogP contribution in [0.5, 0.6) is 5.75 Å². The topological polar surface area (TPSA) is 35.2 Å². The Morgan fingerprint density at radius 2 is 2.00 bits per heavy atom. The van der Waals surface area contributed by atoms with Gasteiger partial charge in [-0.2, -0.15) is 0 Å². The van der Waals surface area contributed by atoms with E-state index >= 15 is 0 Å². The van der Waals surface area contributed by atoms with Gasteiger partial charge in [0.2, 0.25) is 0 Å². The first-order valence-corrected chi connectivity index (χ1v) is 7.59. The molecule has 3 rings (SSSR count). The van der Waals surface area contributed by atoms with Crippen molar-refractivity contribution in [2.75, 3.05) is 0 Å². The Kier molecular flexibility index (Phi) is 3.90. The molecule has 0 unspecified atom stereocenters. The van der Waals surface area contributed by atoms with Crippen LogP contribution in [0, 0.1) is 12.7 Å². The molecule has 0 bridgehead atoms. The van der Waals surface area contributed by atoms with E-state index in [1.54, 1.807) is 30.4 Å². The summed E-state index contributed by atoms with van der Waals surface area (Å²) in [4.78, 5) is 1.13. The van der Waals surface area contributed by atoms with Gasteiger partial charge >= 0.3 is 0 Å². The molecular weight excluding hydrogens is 285 g/mol. The van der Waals surface area contributed by atoms with Gasteiger partial charge in [-0.3, -0.25) is 0 Å². The van der Waals surface area contributed by atoms with Crippen molar-refractivity contribution < 1.29 is 9.13 Å². The first-order valence-electron chi connectivity index (χ1n) is 6.77. The largest absolute Gasteiger partial charge is 0.489 e. The summed E-state index contributed by atoms with van der Waals surface area (Å²) in [6.07, 6.45) is 0. The molecule has 0 amide bonds. The zero-order chi connectivity index (χ0) is 14.8. The first-order chi connectivity index (χ1) is 10.2. The molecule has 0 atom stereocenters. The minimum Gasteiger partial charge on any atom is -0.489 e. The molecule has 2 nitrogen and oxygen atoms in total. The fourth-order valence-electron chi connectivity index (χ4n) is 2.34. The molecule has 108 valence electrons. The molecule has 2 N–H and O–H groups in total. The Morgan fingerprint density at radius 1 is 1.19 bits per heavy atom. The van der Waals surface area contributed by atoms with E-state index in [0.29, 0.717) is 24.5 Å². The maximum absolute atomic E-state index is 13.3. The number of benzene rings is 2. The highest BCUT2D eigenvalue weighted by atomic mass is 32.1. The van der Waals surface area contributed by atoms with Gasteiger partial charge in [-0.25, -0.2) is 4.39 Å². The van der Waals surface area contributed by atoms with Crippen LogP contribution in [-0.2, 0) is 13.2 Å². The Labute approximate surface area is 127 Å². The summed E-state index contributed by atoms with van der Waals surface area (Å²) in [5.41, 5.74) is 7.54. The van der Waals surface area contributed by atoms with E-state index in [1.807, 2.05) is 12.1 Å². The Balaban J connectivity index is 1.89. The van der Waals surface area contributed by atoms with E-state index in [2.05, 4.69) is 12.1 Å². The lowest BCUT2D eigenvalue weighted by Gasteiger charge is -2.08. The van der Waals surface area contributed by atoms with Gasteiger partial charge < -0.3 is 10.5 Å². The summed E-state index contributed by atoms with van der Waals surface area (Å²) in [5, 5.41) is 1.18. The van der Waals surface area contributed by atoms with Gasteiger partial charge in [0.25, 0.3) is 0 Å². The number of hydrogen-bond donors (Lipinski definition) is 1. The Hall–Kier alpha value is -1.91. The van der Waals surface area contributed by atoms with Gasteiger partial charge in [0.05, 0.1) is 0 Å². The van der Waals surface area contributed by atoms with E-state index in [0.717, 1.165) is 10.4 Å². The molecular formula is C17H16FNOS. The lowest BCUT2D eigenvalue weighted by molar-refractivity contribution is 0.306. The van der Waals surface area contributed by atoms with Crippen LogP contribution in [0.4, 0.5) is 4.39 Å². The van der Waals surface area contributed by atoms with Crippen molar-refractivity contribution in [3.63, 3.8) is 0 Å². The maximum atomic E-state index is 13.3.